The van der Waals surface area contributed by atoms with Gasteiger partial charge < -0.3 is 10.6 Å². The fourth-order valence-electron chi connectivity index (χ4n) is 2.19. The first-order chi connectivity index (χ1) is 9.08. The van der Waals surface area contributed by atoms with Crippen molar-refractivity contribution in [3.8, 4) is 0 Å². The van der Waals surface area contributed by atoms with Crippen molar-refractivity contribution in [2.24, 2.45) is 16.6 Å². The molecule has 1 unspecified atom stereocenters. The molecule has 0 saturated carbocycles. The Bertz CT molecular complexity index is 503. The second-order valence-electron chi connectivity index (χ2n) is 4.77. The fraction of sp³-hybridized carbons (Fsp3) is 0.500. The number of aromatic nitrogens is 1. The standard InChI is InChI=1S/C12H17N5O2/c1-9-4-3-7-16(8-9)12(13)15-11-10(17(18)19)5-2-6-14-11/h2,5-6,9H,3-4,7-8H2,1H3,(H2,13,14,15). The van der Waals surface area contributed by atoms with E-state index < -0.39 is 4.92 Å². The van der Waals surface area contributed by atoms with Crippen LogP contribution in [0.2, 0.25) is 0 Å². The highest BCUT2D eigenvalue weighted by molar-refractivity contribution is 5.81. The van der Waals surface area contributed by atoms with Crippen LogP contribution in [0.25, 0.3) is 0 Å². The molecule has 7 heteroatoms. The van der Waals surface area contributed by atoms with Gasteiger partial charge in [-0.25, -0.2) is 4.98 Å². The smallest absolute Gasteiger partial charge is 0.313 e. The molecule has 2 N–H and O–H groups in total. The number of rotatable bonds is 2. The molecule has 0 radical (unpaired) electrons. The first kappa shape index (κ1) is 13.3. The Kier molecular flexibility index (Phi) is 3.94. The summed E-state index contributed by atoms with van der Waals surface area (Å²) < 4.78 is 0. The molecule has 7 nitrogen and oxygen atoms in total. The summed E-state index contributed by atoms with van der Waals surface area (Å²) in [5.74, 6) is 0.915. The molecule has 1 atom stereocenters. The number of hydrogen-bond donors (Lipinski definition) is 1. The van der Waals surface area contributed by atoms with Gasteiger partial charge >= 0.3 is 5.69 Å². The van der Waals surface area contributed by atoms with Crippen LogP contribution in [0.15, 0.2) is 23.3 Å². The van der Waals surface area contributed by atoms with E-state index in [1.165, 1.54) is 24.8 Å². The van der Waals surface area contributed by atoms with Crippen LogP contribution >= 0.6 is 0 Å². The Morgan fingerprint density at radius 3 is 3.16 bits per heavy atom. The zero-order chi connectivity index (χ0) is 13.8. The third-order valence-corrected chi connectivity index (χ3v) is 3.16. The highest BCUT2D eigenvalue weighted by atomic mass is 16.6. The highest BCUT2D eigenvalue weighted by Gasteiger charge is 2.20. The number of nitrogens with two attached hydrogens (primary N) is 1. The second kappa shape index (κ2) is 5.64. The number of guanidine groups is 1. The van der Waals surface area contributed by atoms with Crippen molar-refractivity contribution in [1.29, 1.82) is 0 Å². The quantitative estimate of drug-likeness (QED) is 0.379. The first-order valence-corrected chi connectivity index (χ1v) is 6.26. The Hall–Kier alpha value is -2.18. The van der Waals surface area contributed by atoms with Crippen molar-refractivity contribution in [2.45, 2.75) is 19.8 Å². The molecule has 1 aromatic rings. The van der Waals surface area contributed by atoms with Gasteiger partial charge in [0.25, 0.3) is 0 Å². The molecular formula is C12H17N5O2. The minimum atomic E-state index is -0.502. The highest BCUT2D eigenvalue weighted by Crippen LogP contribution is 2.24. The monoisotopic (exact) mass is 263 g/mol. The Labute approximate surface area is 111 Å². The molecule has 1 aliphatic heterocycles. The maximum atomic E-state index is 10.9. The summed E-state index contributed by atoms with van der Waals surface area (Å²) in [6.45, 7) is 3.82. The maximum Gasteiger partial charge on any atom is 0.313 e. The molecular weight excluding hydrogens is 246 g/mol. The third kappa shape index (κ3) is 3.18. The van der Waals surface area contributed by atoms with E-state index in [4.69, 9.17) is 5.73 Å². The van der Waals surface area contributed by atoms with Crippen molar-refractivity contribution in [3.63, 3.8) is 0 Å². The summed E-state index contributed by atoms with van der Waals surface area (Å²) in [5.41, 5.74) is 5.80. The van der Waals surface area contributed by atoms with E-state index >= 15 is 0 Å². The summed E-state index contributed by atoms with van der Waals surface area (Å²) >= 11 is 0. The Balaban J connectivity index is 2.23. The summed E-state index contributed by atoms with van der Waals surface area (Å²) in [5, 5.41) is 10.9. The predicted octanol–water partition coefficient (Wildman–Crippen LogP) is 1.67. The molecule has 2 heterocycles. The van der Waals surface area contributed by atoms with Crippen molar-refractivity contribution in [2.75, 3.05) is 13.1 Å². The first-order valence-electron chi connectivity index (χ1n) is 6.26. The van der Waals surface area contributed by atoms with Gasteiger partial charge in [0.1, 0.15) is 0 Å². The van der Waals surface area contributed by atoms with Gasteiger partial charge in [0.05, 0.1) is 4.92 Å². The van der Waals surface area contributed by atoms with Crippen LogP contribution < -0.4 is 5.73 Å². The topological polar surface area (TPSA) is 97.7 Å². The van der Waals surface area contributed by atoms with Gasteiger partial charge in [0, 0.05) is 25.4 Å². The summed E-state index contributed by atoms with van der Waals surface area (Å²) in [6.07, 6.45) is 3.70. The van der Waals surface area contributed by atoms with E-state index in [1.807, 2.05) is 4.90 Å². The number of likely N-dealkylation sites (tertiary alicyclic amines) is 1. The van der Waals surface area contributed by atoms with Gasteiger partial charge in [-0.2, -0.15) is 4.99 Å². The lowest BCUT2D eigenvalue weighted by Gasteiger charge is -2.31. The second-order valence-corrected chi connectivity index (χ2v) is 4.77. The van der Waals surface area contributed by atoms with E-state index in [-0.39, 0.29) is 11.5 Å². The van der Waals surface area contributed by atoms with Gasteiger partial charge in [-0.15, -0.1) is 0 Å². The van der Waals surface area contributed by atoms with E-state index in [1.54, 1.807) is 0 Å². The molecule has 19 heavy (non-hydrogen) atoms. The average molecular weight is 263 g/mol. The van der Waals surface area contributed by atoms with Crippen LogP contribution in [-0.4, -0.2) is 33.9 Å². The lowest BCUT2D eigenvalue weighted by molar-refractivity contribution is -0.384. The van der Waals surface area contributed by atoms with Gasteiger partial charge in [-0.3, -0.25) is 10.1 Å². The zero-order valence-electron chi connectivity index (χ0n) is 10.8. The van der Waals surface area contributed by atoms with E-state index in [0.29, 0.717) is 11.9 Å². The molecule has 0 bridgehead atoms. The lowest BCUT2D eigenvalue weighted by atomic mass is 10.0. The molecule has 0 spiro atoms. The minimum Gasteiger partial charge on any atom is -0.369 e. The number of nitrogens with zero attached hydrogens (tertiary/aromatic N) is 4. The van der Waals surface area contributed by atoms with Crippen molar-refractivity contribution >= 4 is 17.5 Å². The molecule has 102 valence electrons. The fourth-order valence-corrected chi connectivity index (χ4v) is 2.19. The van der Waals surface area contributed by atoms with Crippen LogP contribution in [0.1, 0.15) is 19.8 Å². The van der Waals surface area contributed by atoms with E-state index in [2.05, 4.69) is 16.9 Å². The molecule has 1 aliphatic rings. The lowest BCUT2D eigenvalue weighted by Crippen LogP contribution is -2.43. The van der Waals surface area contributed by atoms with Crippen molar-refractivity contribution in [1.82, 2.24) is 9.88 Å². The maximum absolute atomic E-state index is 10.9. The van der Waals surface area contributed by atoms with E-state index in [9.17, 15) is 10.1 Å². The summed E-state index contributed by atoms with van der Waals surface area (Å²) in [7, 11) is 0. The minimum absolute atomic E-state index is 0.0585. The van der Waals surface area contributed by atoms with Gasteiger partial charge in [-0.05, 0) is 24.8 Å². The van der Waals surface area contributed by atoms with E-state index in [0.717, 1.165) is 19.5 Å². The molecule has 0 amide bonds. The van der Waals surface area contributed by atoms with Crippen LogP contribution in [0.3, 0.4) is 0 Å². The summed E-state index contributed by atoms with van der Waals surface area (Å²) in [4.78, 5) is 20.3. The van der Waals surface area contributed by atoms with Crippen LogP contribution in [-0.2, 0) is 0 Å². The summed E-state index contributed by atoms with van der Waals surface area (Å²) in [6, 6.07) is 2.88. The van der Waals surface area contributed by atoms with Crippen molar-refractivity contribution in [3.05, 3.63) is 28.4 Å². The predicted molar refractivity (Wildman–Crippen MR) is 72.1 cm³/mol. The van der Waals surface area contributed by atoms with Crippen LogP contribution in [0.4, 0.5) is 11.5 Å². The van der Waals surface area contributed by atoms with Crippen LogP contribution in [0.5, 0.6) is 0 Å². The Morgan fingerprint density at radius 2 is 2.47 bits per heavy atom. The largest absolute Gasteiger partial charge is 0.369 e. The van der Waals surface area contributed by atoms with Gasteiger partial charge in [0.15, 0.2) is 5.96 Å². The average Bonchev–Trinajstić information content (AvgIpc) is 2.39. The number of nitro groups is 1. The number of pyridine rings is 1. The third-order valence-electron chi connectivity index (χ3n) is 3.16. The number of piperidine rings is 1. The Morgan fingerprint density at radius 1 is 1.68 bits per heavy atom. The van der Waals surface area contributed by atoms with Crippen molar-refractivity contribution < 1.29 is 4.92 Å². The molecule has 1 aromatic heterocycles. The normalized spacial score (nSPS) is 20.4. The molecule has 1 saturated heterocycles. The molecule has 2 rings (SSSR count). The van der Waals surface area contributed by atoms with Gasteiger partial charge in [0.2, 0.25) is 5.82 Å². The SMILES string of the molecule is CC1CCCN(/C(N)=N/c2ncccc2[N+](=O)[O-])C1. The molecule has 0 aliphatic carbocycles. The molecule has 0 aromatic carbocycles. The van der Waals surface area contributed by atoms with Gasteiger partial charge in [-0.1, -0.05) is 6.92 Å². The molecule has 1 fully saturated rings. The number of hydrogen-bond acceptors (Lipinski definition) is 4. The number of aliphatic imine (C=N–C) groups is 1. The zero-order valence-corrected chi connectivity index (χ0v) is 10.8. The van der Waals surface area contributed by atoms with Crippen LogP contribution in [0, 0.1) is 16.0 Å².